The standard InChI is InChI=1S/C24H33N6O7P/c1-5-14(2)34-24(32)15(3)29-38(33,36-17-9-7-6-8-10-17)37-18-11-20(35-19(18)12-31)30-13-26-21-22(25)27-16(4)28-23(21)30/h6-10,13-15,18-20,31H,5,11-12H2,1-4H3,(H,29,33)(H2,25,27,28)/t14?,15-,18+,19+,20+,38?/m0/s1. The monoisotopic (exact) mass is 548 g/mol. The molecule has 3 aromatic rings. The van der Waals surface area contributed by atoms with Crippen molar-refractivity contribution in [2.75, 3.05) is 12.3 Å². The first kappa shape index (κ1) is 27.9. The minimum absolute atomic E-state index is 0.176. The molecule has 0 amide bonds. The number of esters is 1. The first-order valence-electron chi connectivity index (χ1n) is 12.4. The number of nitrogen functional groups attached to an aromatic ring is 1. The van der Waals surface area contributed by atoms with E-state index in [0.717, 1.165) is 0 Å². The molecule has 1 saturated heterocycles. The lowest BCUT2D eigenvalue weighted by Crippen LogP contribution is -2.38. The molecule has 6 atom stereocenters. The average molecular weight is 549 g/mol. The van der Waals surface area contributed by atoms with Crippen LogP contribution in [-0.2, 0) is 23.4 Å². The van der Waals surface area contributed by atoms with E-state index in [9.17, 15) is 14.5 Å². The minimum atomic E-state index is -4.18. The smallest absolute Gasteiger partial charge is 0.459 e. The second-order valence-electron chi connectivity index (χ2n) is 9.08. The van der Waals surface area contributed by atoms with E-state index in [1.54, 1.807) is 48.7 Å². The molecule has 1 aliphatic rings. The van der Waals surface area contributed by atoms with Crippen LogP contribution in [0.3, 0.4) is 0 Å². The van der Waals surface area contributed by atoms with Crippen molar-refractivity contribution in [3.63, 3.8) is 0 Å². The first-order chi connectivity index (χ1) is 18.1. The number of para-hydroxylation sites is 1. The fourth-order valence-corrected chi connectivity index (χ4v) is 5.67. The summed E-state index contributed by atoms with van der Waals surface area (Å²) in [5.41, 5.74) is 6.86. The normalized spacial score (nSPS) is 22.6. The highest BCUT2D eigenvalue weighted by atomic mass is 31.2. The lowest BCUT2D eigenvalue weighted by molar-refractivity contribution is -0.150. The molecule has 0 aliphatic carbocycles. The maximum atomic E-state index is 14.0. The number of carbonyl (C=O) groups excluding carboxylic acids is 1. The molecule has 4 N–H and O–H groups in total. The molecular weight excluding hydrogens is 515 g/mol. The summed E-state index contributed by atoms with van der Waals surface area (Å²) in [6.45, 7) is 6.46. The number of benzene rings is 1. The Bertz CT molecular complexity index is 1310. The first-order valence-corrected chi connectivity index (χ1v) is 13.9. The zero-order valence-electron chi connectivity index (χ0n) is 21.7. The molecular formula is C24H33N6O7P. The van der Waals surface area contributed by atoms with Crippen molar-refractivity contribution in [2.24, 2.45) is 0 Å². The van der Waals surface area contributed by atoms with Gasteiger partial charge in [0.25, 0.3) is 0 Å². The fraction of sp³-hybridized carbons (Fsp3) is 0.500. The summed E-state index contributed by atoms with van der Waals surface area (Å²) in [4.78, 5) is 25.4. The van der Waals surface area contributed by atoms with E-state index in [4.69, 9.17) is 24.3 Å². The highest BCUT2D eigenvalue weighted by molar-refractivity contribution is 7.52. The van der Waals surface area contributed by atoms with Gasteiger partial charge in [0.05, 0.1) is 19.0 Å². The molecule has 14 heteroatoms. The quantitative estimate of drug-likeness (QED) is 0.237. The number of aliphatic hydroxyl groups is 1. The Morgan fingerprint density at radius 1 is 1.32 bits per heavy atom. The molecule has 0 radical (unpaired) electrons. The van der Waals surface area contributed by atoms with Gasteiger partial charge >= 0.3 is 13.7 Å². The number of carbonyl (C=O) groups is 1. The topological polar surface area (TPSA) is 173 Å². The fourth-order valence-electron chi connectivity index (χ4n) is 3.96. The van der Waals surface area contributed by atoms with Gasteiger partial charge in [0.1, 0.15) is 41.6 Å². The number of hydrogen-bond acceptors (Lipinski definition) is 11. The van der Waals surface area contributed by atoms with Crippen LogP contribution in [0.5, 0.6) is 5.75 Å². The zero-order valence-corrected chi connectivity index (χ0v) is 22.6. The molecule has 4 rings (SSSR count). The molecule has 3 heterocycles. The third-order valence-corrected chi connectivity index (χ3v) is 7.77. The summed E-state index contributed by atoms with van der Waals surface area (Å²) in [6, 6.07) is 7.42. The second kappa shape index (κ2) is 11.7. The third kappa shape index (κ3) is 6.30. The third-order valence-electron chi connectivity index (χ3n) is 6.07. The summed E-state index contributed by atoms with van der Waals surface area (Å²) in [6.07, 6.45) is -0.371. The number of nitrogens with one attached hydrogen (secondary N) is 1. The van der Waals surface area contributed by atoms with Crippen LogP contribution in [0.1, 0.15) is 45.7 Å². The number of fused-ring (bicyclic) bond motifs is 1. The minimum Gasteiger partial charge on any atom is -0.462 e. The number of aliphatic hydroxyl groups excluding tert-OH is 1. The maximum Gasteiger partial charge on any atom is 0.459 e. The number of aryl methyl sites for hydroxylation is 1. The van der Waals surface area contributed by atoms with Crippen LogP contribution < -0.4 is 15.3 Å². The van der Waals surface area contributed by atoms with E-state index in [1.807, 2.05) is 6.92 Å². The molecule has 38 heavy (non-hydrogen) atoms. The number of rotatable bonds is 11. The molecule has 2 aromatic heterocycles. The maximum absolute atomic E-state index is 14.0. The Morgan fingerprint density at radius 2 is 2.05 bits per heavy atom. The average Bonchev–Trinajstić information content (AvgIpc) is 3.47. The molecule has 13 nitrogen and oxygen atoms in total. The van der Waals surface area contributed by atoms with Crippen LogP contribution in [0.15, 0.2) is 36.7 Å². The molecule has 1 aliphatic heterocycles. The summed E-state index contributed by atoms with van der Waals surface area (Å²) in [5.74, 6) is 0.366. The predicted octanol–water partition coefficient (Wildman–Crippen LogP) is 2.89. The van der Waals surface area contributed by atoms with Crippen molar-refractivity contribution < 1.29 is 33.0 Å². The van der Waals surface area contributed by atoms with Crippen molar-refractivity contribution >= 4 is 30.7 Å². The Morgan fingerprint density at radius 3 is 2.74 bits per heavy atom. The summed E-state index contributed by atoms with van der Waals surface area (Å²) >= 11 is 0. The van der Waals surface area contributed by atoms with E-state index in [0.29, 0.717) is 23.4 Å². The molecule has 206 valence electrons. The van der Waals surface area contributed by atoms with Gasteiger partial charge in [0.15, 0.2) is 11.5 Å². The Kier molecular flexibility index (Phi) is 8.64. The van der Waals surface area contributed by atoms with Gasteiger partial charge in [-0.1, -0.05) is 25.1 Å². The zero-order chi connectivity index (χ0) is 27.4. The van der Waals surface area contributed by atoms with E-state index in [-0.39, 0.29) is 24.1 Å². The predicted molar refractivity (Wildman–Crippen MR) is 138 cm³/mol. The van der Waals surface area contributed by atoms with Gasteiger partial charge in [-0.3, -0.25) is 13.9 Å². The number of aromatic nitrogens is 4. The van der Waals surface area contributed by atoms with E-state index >= 15 is 0 Å². The van der Waals surface area contributed by atoms with Gasteiger partial charge < -0.3 is 24.8 Å². The van der Waals surface area contributed by atoms with Gasteiger partial charge in [-0.2, -0.15) is 5.09 Å². The van der Waals surface area contributed by atoms with Gasteiger partial charge in [-0.05, 0) is 39.3 Å². The lowest BCUT2D eigenvalue weighted by atomic mass is 10.2. The van der Waals surface area contributed by atoms with Crippen LogP contribution in [0.4, 0.5) is 5.82 Å². The van der Waals surface area contributed by atoms with Crippen LogP contribution in [0.25, 0.3) is 11.2 Å². The molecule has 0 saturated carbocycles. The number of imidazole rings is 1. The van der Waals surface area contributed by atoms with Gasteiger partial charge in [-0.25, -0.2) is 19.5 Å². The van der Waals surface area contributed by atoms with Gasteiger partial charge in [-0.15, -0.1) is 0 Å². The van der Waals surface area contributed by atoms with Crippen LogP contribution in [0.2, 0.25) is 0 Å². The number of hydrogen-bond donors (Lipinski definition) is 3. The highest BCUT2D eigenvalue weighted by Crippen LogP contribution is 2.49. The van der Waals surface area contributed by atoms with Gasteiger partial charge in [0, 0.05) is 6.42 Å². The molecule has 1 fully saturated rings. The Hall–Kier alpha value is -3.09. The van der Waals surface area contributed by atoms with E-state index < -0.39 is 44.8 Å². The number of ether oxygens (including phenoxy) is 2. The largest absolute Gasteiger partial charge is 0.462 e. The highest BCUT2D eigenvalue weighted by Gasteiger charge is 2.44. The lowest BCUT2D eigenvalue weighted by Gasteiger charge is -2.27. The summed E-state index contributed by atoms with van der Waals surface area (Å²) < 4.78 is 38.8. The van der Waals surface area contributed by atoms with Crippen LogP contribution in [0, 0.1) is 6.92 Å². The number of nitrogens with two attached hydrogens (primary N) is 1. The van der Waals surface area contributed by atoms with Crippen LogP contribution >= 0.6 is 7.75 Å². The van der Waals surface area contributed by atoms with Gasteiger partial charge in [0.2, 0.25) is 0 Å². The SMILES string of the molecule is CCC(C)OC(=O)[C@H](C)NP(=O)(Oc1ccccc1)O[C@@H]1C[C@H](n2cnc3c(N)nc(C)nc32)O[C@@H]1CO. The van der Waals surface area contributed by atoms with Crippen molar-refractivity contribution in [1.82, 2.24) is 24.6 Å². The molecule has 1 aromatic carbocycles. The molecule has 0 bridgehead atoms. The summed E-state index contributed by atoms with van der Waals surface area (Å²) in [7, 11) is -4.18. The van der Waals surface area contributed by atoms with Crippen molar-refractivity contribution in [2.45, 2.75) is 71.1 Å². The number of nitrogens with zero attached hydrogens (tertiary/aromatic N) is 4. The summed E-state index contributed by atoms with van der Waals surface area (Å²) in [5, 5.41) is 12.7. The van der Waals surface area contributed by atoms with Crippen molar-refractivity contribution in [3.05, 3.63) is 42.5 Å². The Balaban J connectivity index is 1.57. The number of anilines is 1. The molecule has 2 unspecified atom stereocenters. The van der Waals surface area contributed by atoms with Crippen LogP contribution in [-0.4, -0.2) is 61.6 Å². The van der Waals surface area contributed by atoms with E-state index in [1.165, 1.54) is 13.3 Å². The van der Waals surface area contributed by atoms with Crippen molar-refractivity contribution in [3.8, 4) is 5.75 Å². The Labute approximate surface area is 220 Å². The van der Waals surface area contributed by atoms with E-state index in [2.05, 4.69) is 20.0 Å². The second-order valence-corrected chi connectivity index (χ2v) is 10.7. The van der Waals surface area contributed by atoms with Crippen molar-refractivity contribution in [1.29, 1.82) is 0 Å². The molecule has 0 spiro atoms.